The van der Waals surface area contributed by atoms with Crippen molar-refractivity contribution in [1.82, 2.24) is 4.98 Å². The van der Waals surface area contributed by atoms with Gasteiger partial charge in [0.2, 0.25) is 0 Å². The summed E-state index contributed by atoms with van der Waals surface area (Å²) in [5, 5.41) is 17.1. The molecule has 3 rings (SSSR count). The van der Waals surface area contributed by atoms with Gasteiger partial charge >= 0.3 is 0 Å². The first-order chi connectivity index (χ1) is 11.6. The second kappa shape index (κ2) is 6.77. The van der Waals surface area contributed by atoms with Gasteiger partial charge in [0, 0.05) is 17.0 Å². The van der Waals surface area contributed by atoms with E-state index in [4.69, 9.17) is 4.74 Å². The number of amides is 1. The molecule has 7 nitrogen and oxygen atoms in total. The van der Waals surface area contributed by atoms with Crippen LogP contribution in [0, 0.1) is 10.1 Å². The molecule has 2 aromatic heterocycles. The lowest BCUT2D eigenvalue weighted by atomic mass is 10.2. The molecule has 2 heterocycles. The maximum atomic E-state index is 12.2. The number of nitro groups is 1. The van der Waals surface area contributed by atoms with Crippen LogP contribution in [0.5, 0.6) is 5.75 Å². The molecule has 1 amide bonds. The number of methoxy groups -OCH3 is 1. The number of aromatic nitrogens is 1. The van der Waals surface area contributed by atoms with Crippen molar-refractivity contribution in [2.75, 3.05) is 12.4 Å². The standard InChI is InChI=1S/C15H11N3O4S2/c1-22-11-4-2-3-9(5-11)14(19)17-15-16-12(8-24-15)13-6-10(7-23-13)18(20)21/h2-8H,1H3,(H,16,17,19). The van der Waals surface area contributed by atoms with Crippen LogP contribution >= 0.6 is 22.7 Å². The molecule has 0 aliphatic carbocycles. The number of thiophene rings is 1. The minimum absolute atomic E-state index is 0.0324. The van der Waals surface area contributed by atoms with Crippen LogP contribution in [-0.2, 0) is 0 Å². The average molecular weight is 361 g/mol. The van der Waals surface area contributed by atoms with E-state index in [1.54, 1.807) is 29.6 Å². The van der Waals surface area contributed by atoms with E-state index in [0.29, 0.717) is 27.0 Å². The number of thiazole rings is 1. The first-order valence-electron chi connectivity index (χ1n) is 6.71. The zero-order valence-electron chi connectivity index (χ0n) is 12.4. The summed E-state index contributed by atoms with van der Waals surface area (Å²) in [6, 6.07) is 8.25. The number of hydrogen-bond donors (Lipinski definition) is 1. The molecule has 0 saturated heterocycles. The molecule has 0 radical (unpaired) electrons. The number of carbonyl (C=O) groups excluding carboxylic acids is 1. The highest BCUT2D eigenvalue weighted by molar-refractivity contribution is 7.16. The number of nitrogens with one attached hydrogen (secondary N) is 1. The fourth-order valence-electron chi connectivity index (χ4n) is 1.93. The Morgan fingerprint density at radius 2 is 2.12 bits per heavy atom. The minimum atomic E-state index is -0.447. The molecule has 0 unspecified atom stereocenters. The fraction of sp³-hybridized carbons (Fsp3) is 0.0667. The minimum Gasteiger partial charge on any atom is -0.497 e. The maximum Gasteiger partial charge on any atom is 0.280 e. The van der Waals surface area contributed by atoms with Gasteiger partial charge in [-0.05, 0) is 18.2 Å². The Morgan fingerprint density at radius 1 is 1.29 bits per heavy atom. The van der Waals surface area contributed by atoms with Gasteiger partial charge in [-0.25, -0.2) is 4.98 Å². The van der Waals surface area contributed by atoms with E-state index in [9.17, 15) is 14.9 Å². The second-order valence-corrected chi connectivity index (χ2v) is 6.42. The summed E-state index contributed by atoms with van der Waals surface area (Å²) in [4.78, 5) is 27.5. The molecule has 0 atom stereocenters. The molecule has 0 spiro atoms. The lowest BCUT2D eigenvalue weighted by molar-refractivity contribution is -0.384. The van der Waals surface area contributed by atoms with Gasteiger partial charge in [0.05, 0.1) is 28.0 Å². The van der Waals surface area contributed by atoms with Crippen LogP contribution in [0.25, 0.3) is 10.6 Å². The lowest BCUT2D eigenvalue weighted by Crippen LogP contribution is -2.11. The van der Waals surface area contributed by atoms with Crippen molar-refractivity contribution >= 4 is 39.4 Å². The summed E-state index contributed by atoms with van der Waals surface area (Å²) < 4.78 is 5.09. The van der Waals surface area contributed by atoms with Crippen LogP contribution in [0.4, 0.5) is 10.8 Å². The summed E-state index contributed by atoms with van der Waals surface area (Å²) in [6.07, 6.45) is 0. The molecule has 1 aromatic carbocycles. The number of benzene rings is 1. The number of nitrogens with zero attached hydrogens (tertiary/aromatic N) is 2. The van der Waals surface area contributed by atoms with Crippen LogP contribution < -0.4 is 10.1 Å². The largest absolute Gasteiger partial charge is 0.497 e. The summed E-state index contributed by atoms with van der Waals surface area (Å²) in [5.74, 6) is 0.292. The summed E-state index contributed by atoms with van der Waals surface area (Å²) in [6.45, 7) is 0. The molecule has 1 N–H and O–H groups in total. The Morgan fingerprint density at radius 3 is 2.83 bits per heavy atom. The Labute approximate surface area is 144 Å². The molecular weight excluding hydrogens is 350 g/mol. The van der Waals surface area contributed by atoms with Crippen LogP contribution in [0.15, 0.2) is 41.1 Å². The van der Waals surface area contributed by atoms with E-state index in [1.165, 1.54) is 41.2 Å². The zero-order chi connectivity index (χ0) is 17.1. The fourth-order valence-corrected chi connectivity index (χ4v) is 3.53. The van der Waals surface area contributed by atoms with Gasteiger partial charge in [-0.15, -0.1) is 22.7 Å². The Balaban J connectivity index is 1.75. The summed E-state index contributed by atoms with van der Waals surface area (Å²) in [7, 11) is 1.53. The van der Waals surface area contributed by atoms with Gasteiger partial charge in [0.25, 0.3) is 11.6 Å². The molecule has 24 heavy (non-hydrogen) atoms. The monoisotopic (exact) mass is 361 g/mol. The highest BCUT2D eigenvalue weighted by atomic mass is 32.1. The van der Waals surface area contributed by atoms with E-state index in [0.717, 1.165) is 0 Å². The molecule has 0 aliphatic heterocycles. The zero-order valence-corrected chi connectivity index (χ0v) is 14.0. The first-order valence-corrected chi connectivity index (χ1v) is 8.47. The van der Waals surface area contributed by atoms with Gasteiger partial charge in [0.15, 0.2) is 5.13 Å². The van der Waals surface area contributed by atoms with Crippen molar-refractivity contribution in [3.8, 4) is 16.3 Å². The average Bonchev–Trinajstić information content (AvgIpc) is 3.24. The lowest BCUT2D eigenvalue weighted by Gasteiger charge is -2.04. The number of ether oxygens (including phenoxy) is 1. The summed E-state index contributed by atoms with van der Waals surface area (Å²) in [5.41, 5.74) is 1.09. The molecule has 0 bridgehead atoms. The van der Waals surface area contributed by atoms with Crippen molar-refractivity contribution in [2.45, 2.75) is 0 Å². The third-order valence-electron chi connectivity index (χ3n) is 3.11. The van der Waals surface area contributed by atoms with Crippen molar-refractivity contribution in [3.05, 3.63) is 56.8 Å². The molecular formula is C15H11N3O4S2. The third-order valence-corrected chi connectivity index (χ3v) is 4.80. The van der Waals surface area contributed by atoms with Crippen molar-refractivity contribution in [2.24, 2.45) is 0 Å². The van der Waals surface area contributed by atoms with Crippen LogP contribution in [0.2, 0.25) is 0 Å². The van der Waals surface area contributed by atoms with Crippen LogP contribution in [-0.4, -0.2) is 22.9 Å². The summed E-state index contributed by atoms with van der Waals surface area (Å²) >= 11 is 2.50. The predicted octanol–water partition coefficient (Wildman–Crippen LogP) is 4.04. The molecule has 3 aromatic rings. The van der Waals surface area contributed by atoms with E-state index >= 15 is 0 Å². The first kappa shape index (κ1) is 16.1. The van der Waals surface area contributed by atoms with Crippen LogP contribution in [0.3, 0.4) is 0 Å². The van der Waals surface area contributed by atoms with Crippen molar-refractivity contribution in [1.29, 1.82) is 0 Å². The van der Waals surface area contributed by atoms with Gasteiger partial charge in [-0.2, -0.15) is 0 Å². The second-order valence-electron chi connectivity index (χ2n) is 4.65. The third kappa shape index (κ3) is 3.42. The SMILES string of the molecule is COc1cccc(C(=O)Nc2nc(-c3cc([N+](=O)[O-])cs3)cs2)c1. The topological polar surface area (TPSA) is 94.4 Å². The van der Waals surface area contributed by atoms with Crippen molar-refractivity contribution < 1.29 is 14.5 Å². The van der Waals surface area contributed by atoms with E-state index in [2.05, 4.69) is 10.3 Å². The number of hydrogen-bond acceptors (Lipinski definition) is 7. The smallest absolute Gasteiger partial charge is 0.280 e. The maximum absolute atomic E-state index is 12.2. The highest BCUT2D eigenvalue weighted by Gasteiger charge is 2.14. The van der Waals surface area contributed by atoms with Crippen molar-refractivity contribution in [3.63, 3.8) is 0 Å². The Kier molecular flexibility index (Phi) is 4.54. The van der Waals surface area contributed by atoms with Crippen LogP contribution in [0.1, 0.15) is 10.4 Å². The highest BCUT2D eigenvalue weighted by Crippen LogP contribution is 2.33. The Hall–Kier alpha value is -2.78. The molecule has 0 aliphatic rings. The number of anilines is 1. The predicted molar refractivity (Wildman–Crippen MR) is 93.0 cm³/mol. The molecule has 9 heteroatoms. The molecule has 0 fully saturated rings. The van der Waals surface area contributed by atoms with Gasteiger partial charge in [0.1, 0.15) is 5.75 Å². The van der Waals surface area contributed by atoms with E-state index < -0.39 is 4.92 Å². The Bertz CT molecular complexity index is 904. The number of carbonyl (C=O) groups is 1. The van der Waals surface area contributed by atoms with Gasteiger partial charge < -0.3 is 4.74 Å². The normalized spacial score (nSPS) is 10.4. The van der Waals surface area contributed by atoms with Gasteiger partial charge in [-0.3, -0.25) is 20.2 Å². The molecule has 0 saturated carbocycles. The quantitative estimate of drug-likeness (QED) is 0.547. The molecule has 122 valence electrons. The van der Waals surface area contributed by atoms with E-state index in [1.807, 2.05) is 0 Å². The van der Waals surface area contributed by atoms with Gasteiger partial charge in [-0.1, -0.05) is 6.07 Å². The number of rotatable bonds is 5. The van der Waals surface area contributed by atoms with E-state index in [-0.39, 0.29) is 11.6 Å².